The second-order valence-electron chi connectivity index (χ2n) is 7.10. The monoisotopic (exact) mass is 491 g/mol. The van der Waals surface area contributed by atoms with Gasteiger partial charge < -0.3 is 16.0 Å². The number of amides is 1. The molecule has 1 aromatic rings. The third-order valence-electron chi connectivity index (χ3n) is 4.83. The number of carbonyl (C=O) groups excluding carboxylic acids is 1. The van der Waals surface area contributed by atoms with Crippen LogP contribution in [0, 0.1) is 12.8 Å². The van der Waals surface area contributed by atoms with Crippen LogP contribution < -0.4 is 16.0 Å². The molecule has 0 bridgehead atoms. The van der Waals surface area contributed by atoms with Crippen molar-refractivity contribution >= 4 is 47.2 Å². The number of hydrogen-bond donors (Lipinski definition) is 3. The first-order chi connectivity index (χ1) is 12.1. The Balaban J connectivity index is 0.00000243. The number of guanidine groups is 1. The zero-order chi connectivity index (χ0) is 17.6. The van der Waals surface area contributed by atoms with Crippen molar-refractivity contribution in [3.63, 3.8) is 0 Å². The number of thiazole rings is 1. The molecule has 3 rings (SSSR count). The van der Waals surface area contributed by atoms with Gasteiger partial charge >= 0.3 is 0 Å². The molecule has 26 heavy (non-hydrogen) atoms. The standard InChI is InChI=1S/C18H29N5OS.HI/c1-12-11-21-16(25-12)8-9-20-18(19-2)23-15-5-3-4-13(10-15)17(24)22-14-6-7-14;/h11,13-15H,3-10H2,1-2H3,(H,22,24)(H2,19,20,23);1H. The summed E-state index contributed by atoms with van der Waals surface area (Å²) in [6.45, 7) is 2.89. The van der Waals surface area contributed by atoms with E-state index < -0.39 is 0 Å². The molecule has 146 valence electrons. The van der Waals surface area contributed by atoms with Crippen LogP contribution in [-0.2, 0) is 11.2 Å². The summed E-state index contributed by atoms with van der Waals surface area (Å²) in [7, 11) is 1.79. The van der Waals surface area contributed by atoms with E-state index in [1.165, 1.54) is 4.88 Å². The minimum absolute atomic E-state index is 0. The van der Waals surface area contributed by atoms with Gasteiger partial charge in [0.25, 0.3) is 0 Å². The Morgan fingerprint density at radius 3 is 2.73 bits per heavy atom. The van der Waals surface area contributed by atoms with Gasteiger partial charge in [0.15, 0.2) is 5.96 Å². The van der Waals surface area contributed by atoms with Gasteiger partial charge in [-0.3, -0.25) is 9.79 Å². The number of aliphatic imine (C=N–C) groups is 1. The minimum Gasteiger partial charge on any atom is -0.356 e. The largest absolute Gasteiger partial charge is 0.356 e. The first-order valence-corrected chi connectivity index (χ1v) is 10.1. The first-order valence-electron chi connectivity index (χ1n) is 9.33. The van der Waals surface area contributed by atoms with Gasteiger partial charge in [-0.1, -0.05) is 6.42 Å². The predicted molar refractivity (Wildman–Crippen MR) is 117 cm³/mol. The van der Waals surface area contributed by atoms with Gasteiger partial charge in [0.05, 0.1) is 5.01 Å². The third-order valence-corrected chi connectivity index (χ3v) is 5.81. The van der Waals surface area contributed by atoms with E-state index in [2.05, 4.69) is 32.9 Å². The Kier molecular flexibility index (Phi) is 8.59. The predicted octanol–water partition coefficient (Wildman–Crippen LogP) is 2.61. The third kappa shape index (κ3) is 6.68. The fourth-order valence-corrected chi connectivity index (χ4v) is 4.09. The van der Waals surface area contributed by atoms with E-state index in [0.717, 1.165) is 62.5 Å². The lowest BCUT2D eigenvalue weighted by molar-refractivity contribution is -0.126. The number of nitrogens with one attached hydrogen (secondary N) is 3. The van der Waals surface area contributed by atoms with E-state index in [4.69, 9.17) is 0 Å². The summed E-state index contributed by atoms with van der Waals surface area (Å²) >= 11 is 1.74. The van der Waals surface area contributed by atoms with Gasteiger partial charge in [-0.25, -0.2) is 4.98 Å². The van der Waals surface area contributed by atoms with Crippen LogP contribution in [0.5, 0.6) is 0 Å². The summed E-state index contributed by atoms with van der Waals surface area (Å²) < 4.78 is 0. The van der Waals surface area contributed by atoms with Crippen molar-refractivity contribution in [1.82, 2.24) is 20.9 Å². The lowest BCUT2D eigenvalue weighted by Crippen LogP contribution is -2.47. The number of hydrogen-bond acceptors (Lipinski definition) is 4. The lowest BCUT2D eigenvalue weighted by atomic mass is 9.85. The molecular weight excluding hydrogens is 461 g/mol. The average molecular weight is 491 g/mol. The van der Waals surface area contributed by atoms with Gasteiger partial charge in [-0.05, 0) is 39.0 Å². The van der Waals surface area contributed by atoms with Crippen LogP contribution in [0.4, 0.5) is 0 Å². The molecule has 1 amide bonds. The molecule has 1 heterocycles. The zero-order valence-electron chi connectivity index (χ0n) is 15.6. The average Bonchev–Trinajstić information content (AvgIpc) is 3.33. The number of halogens is 1. The molecule has 0 radical (unpaired) electrons. The van der Waals surface area contributed by atoms with Crippen molar-refractivity contribution in [2.75, 3.05) is 13.6 Å². The molecule has 2 aliphatic rings. The van der Waals surface area contributed by atoms with Gasteiger partial charge in [-0.15, -0.1) is 35.3 Å². The summed E-state index contributed by atoms with van der Waals surface area (Å²) in [6, 6.07) is 0.766. The van der Waals surface area contributed by atoms with E-state index in [0.29, 0.717) is 12.1 Å². The normalized spacial score (nSPS) is 23.1. The molecule has 8 heteroatoms. The van der Waals surface area contributed by atoms with Crippen LogP contribution in [0.15, 0.2) is 11.2 Å². The van der Waals surface area contributed by atoms with Crippen LogP contribution in [0.25, 0.3) is 0 Å². The molecule has 0 aromatic carbocycles. The number of aryl methyl sites for hydroxylation is 1. The summed E-state index contributed by atoms with van der Waals surface area (Å²) in [4.78, 5) is 22.2. The van der Waals surface area contributed by atoms with Crippen molar-refractivity contribution in [1.29, 1.82) is 0 Å². The van der Waals surface area contributed by atoms with Crippen LogP contribution in [0.1, 0.15) is 48.4 Å². The highest BCUT2D eigenvalue weighted by atomic mass is 127. The maximum Gasteiger partial charge on any atom is 0.223 e. The lowest BCUT2D eigenvalue weighted by Gasteiger charge is -2.30. The highest BCUT2D eigenvalue weighted by Crippen LogP contribution is 2.26. The summed E-state index contributed by atoms with van der Waals surface area (Å²) in [6.07, 6.45) is 9.20. The van der Waals surface area contributed by atoms with E-state index in [-0.39, 0.29) is 35.8 Å². The van der Waals surface area contributed by atoms with Crippen molar-refractivity contribution in [3.8, 4) is 0 Å². The van der Waals surface area contributed by atoms with Crippen molar-refractivity contribution in [2.24, 2.45) is 10.9 Å². The van der Waals surface area contributed by atoms with Crippen molar-refractivity contribution in [3.05, 3.63) is 16.1 Å². The molecule has 2 atom stereocenters. The summed E-state index contributed by atoms with van der Waals surface area (Å²) in [5.41, 5.74) is 0. The Bertz CT molecular complexity index is 616. The fourth-order valence-electron chi connectivity index (χ4n) is 3.30. The number of rotatable bonds is 6. The van der Waals surface area contributed by atoms with Gasteiger partial charge in [0, 0.05) is 49.1 Å². The number of carbonyl (C=O) groups is 1. The van der Waals surface area contributed by atoms with Gasteiger partial charge in [0.2, 0.25) is 5.91 Å². The first kappa shape index (κ1) is 21.4. The summed E-state index contributed by atoms with van der Waals surface area (Å²) in [5.74, 6) is 1.21. The molecule has 2 fully saturated rings. The molecule has 0 spiro atoms. The minimum atomic E-state index is 0. The van der Waals surface area contributed by atoms with E-state index >= 15 is 0 Å². The van der Waals surface area contributed by atoms with E-state index in [1.807, 2.05) is 6.20 Å². The molecule has 2 unspecified atom stereocenters. The van der Waals surface area contributed by atoms with E-state index in [1.54, 1.807) is 18.4 Å². The smallest absolute Gasteiger partial charge is 0.223 e. The van der Waals surface area contributed by atoms with E-state index in [9.17, 15) is 4.79 Å². The van der Waals surface area contributed by atoms with Crippen LogP contribution in [0.2, 0.25) is 0 Å². The maximum atomic E-state index is 12.3. The Morgan fingerprint density at radius 2 is 2.08 bits per heavy atom. The molecule has 2 saturated carbocycles. The Labute approximate surface area is 177 Å². The molecule has 3 N–H and O–H groups in total. The Hall–Kier alpha value is -0.900. The van der Waals surface area contributed by atoms with Crippen molar-refractivity contribution in [2.45, 2.75) is 64.0 Å². The van der Waals surface area contributed by atoms with Gasteiger partial charge in [-0.2, -0.15) is 0 Å². The maximum absolute atomic E-state index is 12.3. The second-order valence-corrected chi connectivity index (χ2v) is 8.42. The fraction of sp³-hybridized carbons (Fsp3) is 0.722. The second kappa shape index (κ2) is 10.4. The topological polar surface area (TPSA) is 78.4 Å². The zero-order valence-corrected chi connectivity index (χ0v) is 18.7. The number of nitrogens with zero attached hydrogens (tertiary/aromatic N) is 2. The highest BCUT2D eigenvalue weighted by molar-refractivity contribution is 14.0. The van der Waals surface area contributed by atoms with Crippen LogP contribution in [0.3, 0.4) is 0 Å². The quantitative estimate of drug-likeness (QED) is 0.325. The molecule has 2 aliphatic carbocycles. The molecular formula is C18H30IN5OS. The van der Waals surface area contributed by atoms with Crippen LogP contribution >= 0.6 is 35.3 Å². The molecule has 0 saturated heterocycles. The van der Waals surface area contributed by atoms with Gasteiger partial charge in [0.1, 0.15) is 0 Å². The Morgan fingerprint density at radius 1 is 1.27 bits per heavy atom. The summed E-state index contributed by atoms with van der Waals surface area (Å²) in [5, 5.41) is 11.2. The highest BCUT2D eigenvalue weighted by Gasteiger charge is 2.31. The van der Waals surface area contributed by atoms with Crippen LogP contribution in [-0.4, -0.2) is 42.5 Å². The SMILES string of the molecule is CN=C(NCCc1ncc(C)s1)NC1CCCC(C(=O)NC2CC2)C1.I. The van der Waals surface area contributed by atoms with Crippen molar-refractivity contribution < 1.29 is 4.79 Å². The molecule has 0 aliphatic heterocycles. The molecule has 1 aromatic heterocycles. The molecule has 6 nitrogen and oxygen atoms in total. The number of aromatic nitrogens is 1.